The zero-order chi connectivity index (χ0) is 18.1. The number of carbonyl (C=O) groups excluding carboxylic acids is 1. The molecule has 0 fully saturated rings. The number of ether oxygens (including phenoxy) is 2. The SMILES string of the molecule is CCCCCNC(=S)NNC(=O)/C=C/c1cc(Cl)c2c(c1)OCCO2. The maximum absolute atomic E-state index is 11.8. The molecule has 2 rings (SSSR count). The van der Waals surface area contributed by atoms with E-state index in [4.69, 9.17) is 33.3 Å². The van der Waals surface area contributed by atoms with Crippen LogP contribution >= 0.6 is 23.8 Å². The normalized spacial score (nSPS) is 12.7. The number of carbonyl (C=O) groups is 1. The number of hydrazine groups is 1. The second-order valence-corrected chi connectivity index (χ2v) is 6.25. The van der Waals surface area contributed by atoms with Gasteiger partial charge in [0.1, 0.15) is 13.2 Å². The molecule has 0 bridgehead atoms. The molecule has 8 heteroatoms. The molecule has 0 aromatic heterocycles. The number of rotatable bonds is 6. The molecule has 3 N–H and O–H groups in total. The van der Waals surface area contributed by atoms with Crippen LogP contribution in [0.2, 0.25) is 5.02 Å². The van der Waals surface area contributed by atoms with Crippen molar-refractivity contribution in [3.63, 3.8) is 0 Å². The van der Waals surface area contributed by atoms with E-state index in [0.29, 0.717) is 34.8 Å². The highest BCUT2D eigenvalue weighted by Crippen LogP contribution is 2.38. The van der Waals surface area contributed by atoms with Crippen molar-refractivity contribution in [3.8, 4) is 11.5 Å². The molecule has 1 aliphatic heterocycles. The lowest BCUT2D eigenvalue weighted by Gasteiger charge is -2.19. The monoisotopic (exact) mass is 383 g/mol. The zero-order valence-corrected chi connectivity index (χ0v) is 15.6. The molecular formula is C17H22ClN3O3S. The Balaban J connectivity index is 1.80. The maximum atomic E-state index is 11.8. The number of hydrogen-bond donors (Lipinski definition) is 3. The van der Waals surface area contributed by atoms with Gasteiger partial charge in [0, 0.05) is 12.6 Å². The molecule has 1 aromatic carbocycles. The molecule has 0 unspecified atom stereocenters. The molecule has 0 aliphatic carbocycles. The van der Waals surface area contributed by atoms with Crippen LogP contribution in [0.1, 0.15) is 31.7 Å². The second kappa shape index (κ2) is 10.1. The average molecular weight is 384 g/mol. The van der Waals surface area contributed by atoms with Crippen molar-refractivity contribution in [1.82, 2.24) is 16.2 Å². The summed E-state index contributed by atoms with van der Waals surface area (Å²) < 4.78 is 11.0. The number of benzene rings is 1. The van der Waals surface area contributed by atoms with Crippen molar-refractivity contribution < 1.29 is 14.3 Å². The largest absolute Gasteiger partial charge is 0.486 e. The smallest absolute Gasteiger partial charge is 0.262 e. The lowest BCUT2D eigenvalue weighted by molar-refractivity contribution is -0.116. The summed E-state index contributed by atoms with van der Waals surface area (Å²) >= 11 is 11.2. The quantitative estimate of drug-likeness (QED) is 0.304. The van der Waals surface area contributed by atoms with E-state index in [1.807, 2.05) is 0 Å². The molecule has 1 aliphatic rings. The topological polar surface area (TPSA) is 71.6 Å². The van der Waals surface area contributed by atoms with Gasteiger partial charge in [0.15, 0.2) is 16.6 Å². The fourth-order valence-corrected chi connectivity index (χ4v) is 2.61. The molecule has 1 heterocycles. The fraction of sp³-hybridized carbons (Fsp3) is 0.412. The Morgan fingerprint density at radius 3 is 2.88 bits per heavy atom. The van der Waals surface area contributed by atoms with E-state index >= 15 is 0 Å². The van der Waals surface area contributed by atoms with Gasteiger partial charge in [-0.25, -0.2) is 0 Å². The van der Waals surface area contributed by atoms with Crippen LogP contribution in [0.15, 0.2) is 18.2 Å². The first-order valence-electron chi connectivity index (χ1n) is 8.21. The molecule has 6 nitrogen and oxygen atoms in total. The van der Waals surface area contributed by atoms with Crippen LogP contribution < -0.4 is 25.6 Å². The van der Waals surface area contributed by atoms with Crippen molar-refractivity contribution >= 4 is 40.9 Å². The summed E-state index contributed by atoms with van der Waals surface area (Å²) in [6, 6.07) is 3.49. The summed E-state index contributed by atoms with van der Waals surface area (Å²) in [7, 11) is 0. The highest BCUT2D eigenvalue weighted by atomic mass is 35.5. The van der Waals surface area contributed by atoms with E-state index in [0.717, 1.165) is 31.4 Å². The number of amides is 1. The number of thiocarbonyl (C=S) groups is 1. The Kier molecular flexibility index (Phi) is 7.81. The maximum Gasteiger partial charge on any atom is 0.262 e. The molecule has 1 aromatic rings. The van der Waals surface area contributed by atoms with Gasteiger partial charge in [-0.15, -0.1) is 0 Å². The number of halogens is 1. The highest BCUT2D eigenvalue weighted by molar-refractivity contribution is 7.80. The molecule has 1 amide bonds. The molecule has 0 saturated heterocycles. The predicted molar refractivity (Wildman–Crippen MR) is 103 cm³/mol. The van der Waals surface area contributed by atoms with Crippen LogP contribution in [0.25, 0.3) is 6.08 Å². The molecule has 0 saturated carbocycles. The van der Waals surface area contributed by atoms with Crippen LogP contribution in [0.5, 0.6) is 11.5 Å². The third kappa shape index (κ3) is 6.43. The van der Waals surface area contributed by atoms with Gasteiger partial charge in [0.25, 0.3) is 5.91 Å². The number of nitrogens with one attached hydrogen (secondary N) is 3. The first-order valence-corrected chi connectivity index (χ1v) is 9.00. The molecule has 25 heavy (non-hydrogen) atoms. The number of fused-ring (bicyclic) bond motifs is 1. The Labute approximate surface area is 157 Å². The minimum atomic E-state index is -0.330. The van der Waals surface area contributed by atoms with Crippen LogP contribution in [-0.2, 0) is 4.79 Å². The van der Waals surface area contributed by atoms with Gasteiger partial charge in [-0.05, 0) is 42.4 Å². The van der Waals surface area contributed by atoms with Gasteiger partial charge < -0.3 is 14.8 Å². The van der Waals surface area contributed by atoms with Gasteiger partial charge in [-0.2, -0.15) is 0 Å². The summed E-state index contributed by atoms with van der Waals surface area (Å²) in [6.07, 6.45) is 6.35. The Morgan fingerprint density at radius 1 is 1.28 bits per heavy atom. The van der Waals surface area contributed by atoms with Crippen molar-refractivity contribution in [3.05, 3.63) is 28.8 Å². The Bertz CT molecular complexity index is 652. The van der Waals surface area contributed by atoms with Crippen LogP contribution in [0.4, 0.5) is 0 Å². The zero-order valence-electron chi connectivity index (χ0n) is 14.1. The first kappa shape index (κ1) is 19.3. The van der Waals surface area contributed by atoms with E-state index in [1.54, 1.807) is 18.2 Å². The van der Waals surface area contributed by atoms with E-state index in [9.17, 15) is 4.79 Å². The van der Waals surface area contributed by atoms with Crippen molar-refractivity contribution in [2.75, 3.05) is 19.8 Å². The summed E-state index contributed by atoms with van der Waals surface area (Å²) in [5.41, 5.74) is 5.90. The Morgan fingerprint density at radius 2 is 2.08 bits per heavy atom. The molecule has 0 radical (unpaired) electrons. The second-order valence-electron chi connectivity index (χ2n) is 5.44. The minimum absolute atomic E-state index is 0.330. The summed E-state index contributed by atoms with van der Waals surface area (Å²) in [5.74, 6) is 0.786. The van der Waals surface area contributed by atoms with Crippen molar-refractivity contribution in [1.29, 1.82) is 0 Å². The highest BCUT2D eigenvalue weighted by Gasteiger charge is 2.15. The van der Waals surface area contributed by atoms with Gasteiger partial charge in [0.2, 0.25) is 0 Å². The van der Waals surface area contributed by atoms with Gasteiger partial charge >= 0.3 is 0 Å². The average Bonchev–Trinajstić information content (AvgIpc) is 2.62. The molecule has 136 valence electrons. The molecular weight excluding hydrogens is 362 g/mol. The summed E-state index contributed by atoms with van der Waals surface area (Å²) in [6.45, 7) is 3.87. The fourth-order valence-electron chi connectivity index (χ4n) is 2.18. The van der Waals surface area contributed by atoms with E-state index < -0.39 is 0 Å². The standard InChI is InChI=1S/C17H22ClN3O3S/c1-2-3-4-7-19-17(25)21-20-15(22)6-5-12-10-13(18)16-14(11-12)23-8-9-24-16/h5-6,10-11H,2-4,7-9H2,1H3,(H,20,22)(H2,19,21,25)/b6-5+. The van der Waals surface area contributed by atoms with Crippen molar-refractivity contribution in [2.24, 2.45) is 0 Å². The first-order chi connectivity index (χ1) is 12.1. The molecule has 0 spiro atoms. The van der Waals surface area contributed by atoms with E-state index in [1.165, 1.54) is 6.08 Å². The molecule has 0 atom stereocenters. The summed E-state index contributed by atoms with van der Waals surface area (Å²) in [4.78, 5) is 11.8. The van der Waals surface area contributed by atoms with E-state index in [2.05, 4.69) is 23.1 Å². The van der Waals surface area contributed by atoms with Gasteiger partial charge in [-0.1, -0.05) is 31.4 Å². The van der Waals surface area contributed by atoms with Crippen molar-refractivity contribution in [2.45, 2.75) is 26.2 Å². The number of unbranched alkanes of at least 4 members (excludes halogenated alkanes) is 2. The third-order valence-corrected chi connectivity index (χ3v) is 3.94. The third-order valence-electron chi connectivity index (χ3n) is 3.41. The van der Waals surface area contributed by atoms with Gasteiger partial charge in [-0.3, -0.25) is 15.6 Å². The van der Waals surface area contributed by atoms with E-state index in [-0.39, 0.29) is 5.91 Å². The van der Waals surface area contributed by atoms with Crippen LogP contribution in [-0.4, -0.2) is 30.8 Å². The lowest BCUT2D eigenvalue weighted by Crippen LogP contribution is -2.46. The van der Waals surface area contributed by atoms with Crippen LogP contribution in [0.3, 0.4) is 0 Å². The summed E-state index contributed by atoms with van der Waals surface area (Å²) in [5, 5.41) is 3.86. The van der Waals surface area contributed by atoms with Crippen LogP contribution in [0, 0.1) is 0 Å². The van der Waals surface area contributed by atoms with Gasteiger partial charge in [0.05, 0.1) is 5.02 Å². The Hall–Kier alpha value is -1.99. The predicted octanol–water partition coefficient (Wildman–Crippen LogP) is 2.81. The number of hydrogen-bond acceptors (Lipinski definition) is 4. The minimum Gasteiger partial charge on any atom is -0.486 e. The lowest BCUT2D eigenvalue weighted by atomic mass is 10.1.